The molecule has 0 saturated carbocycles. The molecule has 2 fully saturated rings. The highest BCUT2D eigenvalue weighted by Gasteiger charge is 2.50. The molecule has 0 aromatic rings. The second-order valence-corrected chi connectivity index (χ2v) is 6.47. The Morgan fingerprint density at radius 3 is 2.33 bits per heavy atom. The fourth-order valence-electron chi connectivity index (χ4n) is 3.91. The van der Waals surface area contributed by atoms with E-state index in [0.29, 0.717) is 17.6 Å². The van der Waals surface area contributed by atoms with Crippen LogP contribution in [0.15, 0.2) is 0 Å². The van der Waals surface area contributed by atoms with Crippen molar-refractivity contribution in [2.75, 3.05) is 6.54 Å². The van der Waals surface area contributed by atoms with E-state index < -0.39 is 0 Å². The zero-order valence-electron chi connectivity index (χ0n) is 12.1. The molecule has 3 unspecified atom stereocenters. The summed E-state index contributed by atoms with van der Waals surface area (Å²) in [7, 11) is 0. The molecule has 2 heterocycles. The van der Waals surface area contributed by atoms with E-state index in [0.717, 1.165) is 6.54 Å². The van der Waals surface area contributed by atoms with E-state index >= 15 is 0 Å². The zero-order chi connectivity index (χ0) is 12.8. The maximum atomic E-state index is 6.06. The number of hydrogen-bond acceptors (Lipinski definition) is 2. The van der Waals surface area contributed by atoms with Crippen molar-refractivity contribution < 1.29 is 4.74 Å². The van der Waals surface area contributed by atoms with Gasteiger partial charge in [-0.05, 0) is 25.7 Å². The van der Waals surface area contributed by atoms with Crippen LogP contribution in [0, 0.1) is 5.41 Å². The lowest BCUT2D eigenvalue weighted by Crippen LogP contribution is -2.39. The molecule has 0 radical (unpaired) electrons. The van der Waals surface area contributed by atoms with Gasteiger partial charge in [-0.25, -0.2) is 0 Å². The van der Waals surface area contributed by atoms with Crippen LogP contribution in [-0.2, 0) is 4.74 Å². The summed E-state index contributed by atoms with van der Waals surface area (Å²) in [5.74, 6) is 0. The fraction of sp³-hybridized carbons (Fsp3) is 1.00. The molecule has 0 spiro atoms. The van der Waals surface area contributed by atoms with Gasteiger partial charge in [-0.2, -0.15) is 0 Å². The predicted molar refractivity (Wildman–Crippen MR) is 76.6 cm³/mol. The summed E-state index contributed by atoms with van der Waals surface area (Å²) in [5.41, 5.74) is 6.41. The Balaban J connectivity index is 1.60. The number of unbranched alkanes of at least 4 members (excludes halogenated alkanes) is 6. The van der Waals surface area contributed by atoms with E-state index in [1.807, 2.05) is 0 Å². The fourth-order valence-corrected chi connectivity index (χ4v) is 3.91. The minimum absolute atomic E-state index is 0.354. The third kappa shape index (κ3) is 3.27. The highest BCUT2D eigenvalue weighted by atomic mass is 16.5. The van der Waals surface area contributed by atoms with Crippen LogP contribution in [0.4, 0.5) is 0 Å². The van der Waals surface area contributed by atoms with Crippen LogP contribution in [0.5, 0.6) is 0 Å². The summed E-state index contributed by atoms with van der Waals surface area (Å²) < 4.78 is 6.01. The van der Waals surface area contributed by atoms with E-state index in [1.165, 1.54) is 70.6 Å². The molecule has 2 N–H and O–H groups in total. The third-order valence-electron chi connectivity index (χ3n) is 5.11. The molecule has 2 saturated heterocycles. The maximum absolute atomic E-state index is 6.06. The first-order valence-corrected chi connectivity index (χ1v) is 8.16. The number of ether oxygens (including phenoxy) is 1. The molecule has 0 amide bonds. The SMILES string of the molecule is CCCCCCCCCC1(CN)CC2CCC1O2. The molecule has 2 aliphatic rings. The van der Waals surface area contributed by atoms with E-state index in [-0.39, 0.29) is 0 Å². The predicted octanol–water partition coefficient (Wildman–Crippen LogP) is 4.02. The quantitative estimate of drug-likeness (QED) is 0.630. The monoisotopic (exact) mass is 253 g/mol. The van der Waals surface area contributed by atoms with Crippen LogP contribution in [0.2, 0.25) is 0 Å². The Morgan fingerprint density at radius 2 is 1.78 bits per heavy atom. The lowest BCUT2D eigenvalue weighted by Gasteiger charge is -2.34. The molecule has 0 aliphatic carbocycles. The zero-order valence-corrected chi connectivity index (χ0v) is 12.1. The van der Waals surface area contributed by atoms with Crippen LogP contribution >= 0.6 is 0 Å². The average molecular weight is 253 g/mol. The van der Waals surface area contributed by atoms with Gasteiger partial charge in [-0.15, -0.1) is 0 Å². The molecule has 2 nitrogen and oxygen atoms in total. The van der Waals surface area contributed by atoms with Crippen molar-refractivity contribution >= 4 is 0 Å². The Kier molecular flexibility index (Phi) is 5.50. The van der Waals surface area contributed by atoms with Gasteiger partial charge in [0.15, 0.2) is 0 Å². The molecular formula is C16H31NO. The molecule has 2 bridgehead atoms. The standard InChI is InChI=1S/C16H31NO/c1-2-3-4-5-6-7-8-11-16(13-17)12-14-9-10-15(16)18-14/h14-15H,2-13,17H2,1H3. The first kappa shape index (κ1) is 14.3. The molecule has 3 atom stereocenters. The minimum Gasteiger partial charge on any atom is -0.374 e. The molecule has 0 aromatic heterocycles. The van der Waals surface area contributed by atoms with Crippen molar-refractivity contribution in [2.24, 2.45) is 11.1 Å². The maximum Gasteiger partial charge on any atom is 0.0649 e. The first-order chi connectivity index (χ1) is 8.80. The van der Waals surface area contributed by atoms with E-state index in [9.17, 15) is 0 Å². The van der Waals surface area contributed by atoms with E-state index in [2.05, 4.69) is 6.92 Å². The van der Waals surface area contributed by atoms with Gasteiger partial charge in [0.1, 0.15) is 0 Å². The second-order valence-electron chi connectivity index (χ2n) is 6.47. The molecule has 2 heteroatoms. The second kappa shape index (κ2) is 6.91. The first-order valence-electron chi connectivity index (χ1n) is 8.16. The molecule has 18 heavy (non-hydrogen) atoms. The van der Waals surface area contributed by atoms with Crippen molar-refractivity contribution in [2.45, 2.75) is 89.8 Å². The van der Waals surface area contributed by atoms with Crippen molar-refractivity contribution in [3.8, 4) is 0 Å². The molecule has 0 aromatic carbocycles. The number of fused-ring (bicyclic) bond motifs is 2. The van der Waals surface area contributed by atoms with Crippen LogP contribution in [0.25, 0.3) is 0 Å². The summed E-state index contributed by atoms with van der Waals surface area (Å²) in [6.45, 7) is 3.12. The Morgan fingerprint density at radius 1 is 1.06 bits per heavy atom. The highest BCUT2D eigenvalue weighted by molar-refractivity contribution is 5.00. The molecule has 2 rings (SSSR count). The Bertz CT molecular complexity index is 243. The number of rotatable bonds is 9. The van der Waals surface area contributed by atoms with E-state index in [1.54, 1.807) is 0 Å². The summed E-state index contributed by atoms with van der Waals surface area (Å²) in [6.07, 6.45) is 15.9. The van der Waals surface area contributed by atoms with Gasteiger partial charge in [-0.3, -0.25) is 0 Å². The van der Waals surface area contributed by atoms with Crippen LogP contribution in [0.3, 0.4) is 0 Å². The van der Waals surface area contributed by atoms with Gasteiger partial charge >= 0.3 is 0 Å². The van der Waals surface area contributed by atoms with Gasteiger partial charge in [0.2, 0.25) is 0 Å². The Labute approximate surface area is 113 Å². The summed E-state index contributed by atoms with van der Waals surface area (Å²) in [5, 5.41) is 0. The number of hydrogen-bond donors (Lipinski definition) is 1. The summed E-state index contributed by atoms with van der Waals surface area (Å²) in [6, 6.07) is 0. The lowest BCUT2D eigenvalue weighted by molar-refractivity contribution is 0.0587. The molecule has 106 valence electrons. The van der Waals surface area contributed by atoms with Gasteiger partial charge < -0.3 is 10.5 Å². The van der Waals surface area contributed by atoms with Crippen molar-refractivity contribution in [3.63, 3.8) is 0 Å². The number of nitrogens with two attached hydrogens (primary N) is 1. The van der Waals surface area contributed by atoms with E-state index in [4.69, 9.17) is 10.5 Å². The molecule has 2 aliphatic heterocycles. The summed E-state index contributed by atoms with van der Waals surface area (Å²) >= 11 is 0. The largest absolute Gasteiger partial charge is 0.374 e. The van der Waals surface area contributed by atoms with Crippen LogP contribution in [-0.4, -0.2) is 18.8 Å². The van der Waals surface area contributed by atoms with Gasteiger partial charge in [0.25, 0.3) is 0 Å². The topological polar surface area (TPSA) is 35.2 Å². The third-order valence-corrected chi connectivity index (χ3v) is 5.11. The Hall–Kier alpha value is -0.0800. The van der Waals surface area contributed by atoms with Crippen molar-refractivity contribution in [3.05, 3.63) is 0 Å². The van der Waals surface area contributed by atoms with Gasteiger partial charge in [-0.1, -0.05) is 51.9 Å². The van der Waals surface area contributed by atoms with Gasteiger partial charge in [0.05, 0.1) is 12.2 Å². The summed E-state index contributed by atoms with van der Waals surface area (Å²) in [4.78, 5) is 0. The molecular weight excluding hydrogens is 222 g/mol. The van der Waals surface area contributed by atoms with Crippen molar-refractivity contribution in [1.29, 1.82) is 0 Å². The highest BCUT2D eigenvalue weighted by Crippen LogP contribution is 2.49. The van der Waals surface area contributed by atoms with Crippen LogP contribution in [0.1, 0.15) is 77.6 Å². The van der Waals surface area contributed by atoms with Crippen LogP contribution < -0.4 is 5.73 Å². The normalized spacial score (nSPS) is 34.3. The smallest absolute Gasteiger partial charge is 0.0649 e. The minimum atomic E-state index is 0.354. The lowest BCUT2D eigenvalue weighted by atomic mass is 9.71. The van der Waals surface area contributed by atoms with Gasteiger partial charge in [0, 0.05) is 12.0 Å². The van der Waals surface area contributed by atoms with Crippen molar-refractivity contribution in [1.82, 2.24) is 0 Å². The average Bonchev–Trinajstić information content (AvgIpc) is 2.98.